The standard InChI is InChI=1S/C16H25NO3/c1-13-8-6-7-9-14(13)20-12-15(18)19-11-10-17(5)16(2,3)4/h6-9H,10-12H2,1-5H3. The van der Waals surface area contributed by atoms with Gasteiger partial charge in [0.15, 0.2) is 6.61 Å². The zero-order valence-corrected chi connectivity index (χ0v) is 13.1. The van der Waals surface area contributed by atoms with Crippen LogP contribution in [-0.2, 0) is 9.53 Å². The van der Waals surface area contributed by atoms with Gasteiger partial charge in [-0.2, -0.15) is 0 Å². The highest BCUT2D eigenvalue weighted by Gasteiger charge is 2.16. The van der Waals surface area contributed by atoms with Gasteiger partial charge >= 0.3 is 5.97 Å². The van der Waals surface area contributed by atoms with Crippen LogP contribution in [0.5, 0.6) is 5.75 Å². The summed E-state index contributed by atoms with van der Waals surface area (Å²) in [6, 6.07) is 7.60. The molecule has 1 aromatic carbocycles. The lowest BCUT2D eigenvalue weighted by Crippen LogP contribution is -2.40. The normalized spacial score (nSPS) is 11.5. The Bertz CT molecular complexity index is 438. The molecule has 0 radical (unpaired) electrons. The van der Waals surface area contributed by atoms with Gasteiger partial charge in [0.1, 0.15) is 12.4 Å². The average molecular weight is 279 g/mol. The SMILES string of the molecule is Cc1ccccc1OCC(=O)OCCN(C)C(C)(C)C. The second-order valence-electron chi connectivity index (χ2n) is 5.87. The minimum Gasteiger partial charge on any atom is -0.482 e. The van der Waals surface area contributed by atoms with Gasteiger partial charge in [-0.05, 0) is 46.4 Å². The number of hydrogen-bond acceptors (Lipinski definition) is 4. The number of para-hydroxylation sites is 1. The Kier molecular flexibility index (Phi) is 6.02. The van der Waals surface area contributed by atoms with Gasteiger partial charge < -0.3 is 9.47 Å². The van der Waals surface area contributed by atoms with Gasteiger partial charge in [-0.3, -0.25) is 4.90 Å². The van der Waals surface area contributed by atoms with Crippen LogP contribution in [0.15, 0.2) is 24.3 Å². The van der Waals surface area contributed by atoms with Crippen molar-refractivity contribution < 1.29 is 14.3 Å². The molecule has 4 nitrogen and oxygen atoms in total. The first-order valence-electron chi connectivity index (χ1n) is 6.86. The van der Waals surface area contributed by atoms with Gasteiger partial charge in [-0.1, -0.05) is 18.2 Å². The van der Waals surface area contributed by atoms with Crippen LogP contribution in [0.3, 0.4) is 0 Å². The molecule has 0 aromatic heterocycles. The minimum absolute atomic E-state index is 0.0515. The summed E-state index contributed by atoms with van der Waals surface area (Å²) in [6.07, 6.45) is 0. The molecule has 0 atom stereocenters. The van der Waals surface area contributed by atoms with Crippen LogP contribution in [0.2, 0.25) is 0 Å². The average Bonchev–Trinajstić information content (AvgIpc) is 2.36. The lowest BCUT2D eigenvalue weighted by molar-refractivity contribution is -0.146. The van der Waals surface area contributed by atoms with Gasteiger partial charge in [-0.15, -0.1) is 0 Å². The summed E-state index contributed by atoms with van der Waals surface area (Å²) in [6.45, 7) is 9.34. The molecule has 20 heavy (non-hydrogen) atoms. The summed E-state index contributed by atoms with van der Waals surface area (Å²) in [5.74, 6) is 0.381. The van der Waals surface area contributed by atoms with Crippen molar-refractivity contribution in [3.05, 3.63) is 29.8 Å². The van der Waals surface area contributed by atoms with Crippen LogP contribution < -0.4 is 4.74 Å². The van der Waals surface area contributed by atoms with Crippen LogP contribution >= 0.6 is 0 Å². The molecule has 4 heteroatoms. The molecule has 0 saturated heterocycles. The lowest BCUT2D eigenvalue weighted by atomic mass is 10.1. The molecule has 0 aliphatic carbocycles. The van der Waals surface area contributed by atoms with Crippen LogP contribution in [0.1, 0.15) is 26.3 Å². The molecule has 0 spiro atoms. The number of carbonyl (C=O) groups is 1. The van der Waals surface area contributed by atoms with Gasteiger partial charge in [0.25, 0.3) is 0 Å². The van der Waals surface area contributed by atoms with E-state index in [2.05, 4.69) is 25.7 Å². The fourth-order valence-electron chi connectivity index (χ4n) is 1.53. The third kappa shape index (κ3) is 5.61. The molecule has 0 bridgehead atoms. The molecule has 112 valence electrons. The van der Waals surface area contributed by atoms with Gasteiger partial charge in [0.2, 0.25) is 0 Å². The minimum atomic E-state index is -0.337. The molecule has 0 heterocycles. The number of benzene rings is 1. The van der Waals surface area contributed by atoms with E-state index in [-0.39, 0.29) is 18.1 Å². The number of carbonyl (C=O) groups excluding carboxylic acids is 1. The smallest absolute Gasteiger partial charge is 0.344 e. The van der Waals surface area contributed by atoms with E-state index in [1.165, 1.54) is 0 Å². The highest BCUT2D eigenvalue weighted by Crippen LogP contribution is 2.15. The van der Waals surface area contributed by atoms with E-state index in [0.29, 0.717) is 13.2 Å². The summed E-state index contributed by atoms with van der Waals surface area (Å²) in [4.78, 5) is 13.7. The first-order valence-corrected chi connectivity index (χ1v) is 6.86. The van der Waals surface area contributed by atoms with Gasteiger partial charge in [0, 0.05) is 12.1 Å². The maximum atomic E-state index is 11.6. The molecular weight excluding hydrogens is 254 g/mol. The Morgan fingerprint density at radius 1 is 1.25 bits per heavy atom. The van der Waals surface area contributed by atoms with Crippen molar-refractivity contribution in [1.29, 1.82) is 0 Å². The first kappa shape index (κ1) is 16.5. The van der Waals surface area contributed by atoms with E-state index in [4.69, 9.17) is 9.47 Å². The summed E-state index contributed by atoms with van der Waals surface area (Å²) in [5.41, 5.74) is 1.08. The Morgan fingerprint density at radius 3 is 2.50 bits per heavy atom. The predicted octanol–water partition coefficient (Wildman–Crippen LogP) is 2.65. The molecule has 0 aliphatic heterocycles. The Morgan fingerprint density at radius 2 is 1.90 bits per heavy atom. The Hall–Kier alpha value is -1.55. The van der Waals surface area contributed by atoms with Crippen LogP contribution in [0.25, 0.3) is 0 Å². The van der Waals surface area contributed by atoms with E-state index < -0.39 is 0 Å². The Balaban J connectivity index is 2.26. The van der Waals surface area contributed by atoms with E-state index in [9.17, 15) is 4.79 Å². The van der Waals surface area contributed by atoms with E-state index in [1.54, 1.807) is 0 Å². The lowest BCUT2D eigenvalue weighted by Gasteiger charge is -2.31. The number of nitrogens with zero attached hydrogens (tertiary/aromatic N) is 1. The Labute approximate surface area is 121 Å². The maximum absolute atomic E-state index is 11.6. The molecule has 0 amide bonds. The van der Waals surface area contributed by atoms with Crippen molar-refractivity contribution >= 4 is 5.97 Å². The van der Waals surface area contributed by atoms with E-state index in [1.807, 2.05) is 38.2 Å². The molecule has 0 unspecified atom stereocenters. The van der Waals surface area contributed by atoms with Crippen LogP contribution in [-0.4, -0.2) is 43.2 Å². The number of esters is 1. The number of ether oxygens (including phenoxy) is 2. The zero-order chi connectivity index (χ0) is 15.2. The van der Waals surface area contributed by atoms with E-state index in [0.717, 1.165) is 11.3 Å². The maximum Gasteiger partial charge on any atom is 0.344 e. The topological polar surface area (TPSA) is 38.8 Å². The van der Waals surface area contributed by atoms with Crippen molar-refractivity contribution in [1.82, 2.24) is 4.90 Å². The molecule has 0 fully saturated rings. The highest BCUT2D eigenvalue weighted by atomic mass is 16.6. The van der Waals surface area contributed by atoms with Crippen molar-refractivity contribution in [2.24, 2.45) is 0 Å². The number of hydrogen-bond donors (Lipinski definition) is 0. The second kappa shape index (κ2) is 7.29. The monoisotopic (exact) mass is 279 g/mol. The summed E-state index contributed by atoms with van der Waals surface area (Å²) >= 11 is 0. The first-order chi connectivity index (χ1) is 9.30. The molecule has 1 aromatic rings. The predicted molar refractivity (Wildman–Crippen MR) is 80.0 cm³/mol. The molecule has 1 rings (SSSR count). The fraction of sp³-hybridized carbons (Fsp3) is 0.562. The number of rotatable bonds is 6. The summed E-state index contributed by atoms with van der Waals surface area (Å²) < 4.78 is 10.6. The van der Waals surface area contributed by atoms with E-state index >= 15 is 0 Å². The summed E-state index contributed by atoms with van der Waals surface area (Å²) in [5, 5.41) is 0. The van der Waals surface area contributed by atoms with Crippen LogP contribution in [0, 0.1) is 6.92 Å². The summed E-state index contributed by atoms with van der Waals surface area (Å²) in [7, 11) is 2.01. The van der Waals surface area contributed by atoms with Crippen molar-refractivity contribution in [2.75, 3.05) is 26.8 Å². The number of likely N-dealkylation sites (N-methyl/N-ethyl adjacent to an activating group) is 1. The van der Waals surface area contributed by atoms with Crippen molar-refractivity contribution in [3.8, 4) is 5.75 Å². The third-order valence-corrected chi connectivity index (χ3v) is 3.27. The molecule has 0 aliphatic rings. The molecular formula is C16H25NO3. The van der Waals surface area contributed by atoms with Crippen molar-refractivity contribution in [3.63, 3.8) is 0 Å². The fourth-order valence-corrected chi connectivity index (χ4v) is 1.53. The largest absolute Gasteiger partial charge is 0.482 e. The third-order valence-electron chi connectivity index (χ3n) is 3.27. The zero-order valence-electron chi connectivity index (χ0n) is 13.1. The highest BCUT2D eigenvalue weighted by molar-refractivity contribution is 5.71. The number of aryl methyl sites for hydroxylation is 1. The molecule has 0 saturated carbocycles. The van der Waals surface area contributed by atoms with Crippen LogP contribution in [0.4, 0.5) is 0 Å². The van der Waals surface area contributed by atoms with Crippen molar-refractivity contribution in [2.45, 2.75) is 33.2 Å². The van der Waals surface area contributed by atoms with Gasteiger partial charge in [0.05, 0.1) is 0 Å². The molecule has 0 N–H and O–H groups in total. The quantitative estimate of drug-likeness (QED) is 0.750. The second-order valence-corrected chi connectivity index (χ2v) is 5.87. The van der Waals surface area contributed by atoms with Gasteiger partial charge in [-0.25, -0.2) is 4.79 Å².